The number of likely N-dealkylation sites (tertiary alicyclic amines) is 1. The van der Waals surface area contributed by atoms with Crippen molar-refractivity contribution < 1.29 is 19.1 Å². The first-order valence-corrected chi connectivity index (χ1v) is 7.91. The Bertz CT molecular complexity index is 444. The Hall–Kier alpha value is -1.39. The minimum atomic E-state index is -0.593. The number of carbonyl (C=O) groups excluding carboxylic acids is 3. The molecule has 1 saturated carbocycles. The molecule has 0 N–H and O–H groups in total. The summed E-state index contributed by atoms with van der Waals surface area (Å²) in [4.78, 5) is 37.4. The van der Waals surface area contributed by atoms with Gasteiger partial charge in [-0.15, -0.1) is 0 Å². The summed E-state index contributed by atoms with van der Waals surface area (Å²) in [5, 5.41) is 0. The van der Waals surface area contributed by atoms with Gasteiger partial charge in [-0.3, -0.25) is 19.3 Å². The molecule has 0 spiro atoms. The molecule has 2 rings (SSSR count). The van der Waals surface area contributed by atoms with Crippen molar-refractivity contribution in [3.8, 4) is 0 Å². The monoisotopic (exact) mass is 295 g/mol. The number of β-lactam (4-membered cyclic amide) rings is 1. The van der Waals surface area contributed by atoms with E-state index in [4.69, 9.17) is 4.74 Å². The average Bonchev–Trinajstić information content (AvgIpc) is 2.67. The van der Waals surface area contributed by atoms with Crippen LogP contribution in [0.5, 0.6) is 0 Å². The molecule has 0 radical (unpaired) electrons. The van der Waals surface area contributed by atoms with Gasteiger partial charge in [0.2, 0.25) is 5.91 Å². The summed E-state index contributed by atoms with van der Waals surface area (Å²) in [5.74, 6) is -0.830. The van der Waals surface area contributed by atoms with Gasteiger partial charge in [0, 0.05) is 0 Å². The van der Waals surface area contributed by atoms with Crippen molar-refractivity contribution in [3.05, 3.63) is 0 Å². The number of rotatable bonds is 4. The van der Waals surface area contributed by atoms with Crippen LogP contribution in [0.15, 0.2) is 0 Å². The van der Waals surface area contributed by atoms with Gasteiger partial charge in [0.05, 0.1) is 17.4 Å². The van der Waals surface area contributed by atoms with Crippen molar-refractivity contribution in [2.24, 2.45) is 11.3 Å². The number of amides is 2. The number of nitrogens with zero attached hydrogens (tertiary/aromatic N) is 1. The van der Waals surface area contributed by atoms with Crippen LogP contribution in [0.4, 0.5) is 0 Å². The average molecular weight is 295 g/mol. The Morgan fingerprint density at radius 2 is 1.90 bits per heavy atom. The van der Waals surface area contributed by atoms with Crippen LogP contribution in [-0.4, -0.2) is 35.3 Å². The van der Waals surface area contributed by atoms with Crippen LogP contribution in [0, 0.1) is 11.3 Å². The van der Waals surface area contributed by atoms with Gasteiger partial charge in [0.15, 0.2) is 6.61 Å². The third kappa shape index (κ3) is 3.11. The zero-order valence-corrected chi connectivity index (χ0v) is 13.2. The molecular weight excluding hydrogens is 270 g/mol. The van der Waals surface area contributed by atoms with Crippen LogP contribution < -0.4 is 0 Å². The maximum absolute atomic E-state index is 12.2. The van der Waals surface area contributed by atoms with E-state index in [2.05, 4.69) is 0 Å². The fourth-order valence-corrected chi connectivity index (χ4v) is 2.99. The first-order valence-electron chi connectivity index (χ1n) is 7.91. The van der Waals surface area contributed by atoms with Gasteiger partial charge >= 0.3 is 5.97 Å². The SMILES string of the molecule is CCC(C)(C)C(=O)OCC(=O)N1C(=O)C2CCCCCC21. The molecule has 2 amide bonds. The van der Waals surface area contributed by atoms with E-state index in [9.17, 15) is 14.4 Å². The van der Waals surface area contributed by atoms with E-state index in [0.29, 0.717) is 6.42 Å². The molecule has 5 nitrogen and oxygen atoms in total. The van der Waals surface area contributed by atoms with E-state index in [1.807, 2.05) is 6.92 Å². The lowest BCUT2D eigenvalue weighted by molar-refractivity contribution is -0.173. The first kappa shape index (κ1) is 16.0. The van der Waals surface area contributed by atoms with Crippen LogP contribution in [0.2, 0.25) is 0 Å². The Morgan fingerprint density at radius 3 is 2.57 bits per heavy atom. The third-order valence-electron chi connectivity index (χ3n) is 4.90. The standard InChI is InChI=1S/C16H25NO4/c1-4-16(2,3)15(20)21-10-13(18)17-12-9-7-5-6-8-11(12)14(17)19/h11-12H,4-10H2,1-3H3. The van der Waals surface area contributed by atoms with E-state index >= 15 is 0 Å². The second-order valence-corrected chi connectivity index (χ2v) is 6.73. The summed E-state index contributed by atoms with van der Waals surface area (Å²) < 4.78 is 5.09. The normalized spacial score (nSPS) is 25.7. The van der Waals surface area contributed by atoms with E-state index < -0.39 is 5.41 Å². The zero-order chi connectivity index (χ0) is 15.6. The number of hydrogen-bond acceptors (Lipinski definition) is 4. The largest absolute Gasteiger partial charge is 0.455 e. The molecule has 1 aliphatic carbocycles. The zero-order valence-electron chi connectivity index (χ0n) is 13.2. The number of esters is 1. The molecule has 5 heteroatoms. The van der Waals surface area contributed by atoms with E-state index in [0.717, 1.165) is 32.1 Å². The first-order chi connectivity index (χ1) is 9.88. The van der Waals surface area contributed by atoms with Crippen molar-refractivity contribution in [3.63, 3.8) is 0 Å². The molecule has 0 bridgehead atoms. The lowest BCUT2D eigenvalue weighted by atomic mass is 9.83. The highest BCUT2D eigenvalue weighted by molar-refractivity contribution is 6.02. The quantitative estimate of drug-likeness (QED) is 0.589. The van der Waals surface area contributed by atoms with Gasteiger partial charge in [-0.2, -0.15) is 0 Å². The molecular formula is C16H25NO4. The Balaban J connectivity index is 1.89. The van der Waals surface area contributed by atoms with Crippen LogP contribution in [0.1, 0.15) is 59.3 Å². The highest BCUT2D eigenvalue weighted by Crippen LogP contribution is 2.37. The molecule has 0 aromatic heterocycles. The minimum absolute atomic E-state index is 0.0132. The summed E-state index contributed by atoms with van der Waals surface area (Å²) in [5.41, 5.74) is -0.593. The smallest absolute Gasteiger partial charge is 0.312 e. The van der Waals surface area contributed by atoms with Crippen molar-refractivity contribution in [1.29, 1.82) is 0 Å². The fraction of sp³-hybridized carbons (Fsp3) is 0.812. The Morgan fingerprint density at radius 1 is 1.24 bits per heavy atom. The Labute approximate surface area is 126 Å². The predicted molar refractivity (Wildman–Crippen MR) is 77.2 cm³/mol. The van der Waals surface area contributed by atoms with Gasteiger partial charge in [-0.05, 0) is 33.1 Å². The molecule has 1 saturated heterocycles. The highest BCUT2D eigenvalue weighted by Gasteiger charge is 2.50. The summed E-state index contributed by atoms with van der Waals surface area (Å²) in [6.45, 7) is 5.15. The van der Waals surface area contributed by atoms with Gasteiger partial charge < -0.3 is 4.74 Å². The molecule has 2 aliphatic rings. The maximum Gasteiger partial charge on any atom is 0.312 e. The van der Waals surface area contributed by atoms with Gasteiger partial charge in [0.25, 0.3) is 5.91 Å². The van der Waals surface area contributed by atoms with Crippen molar-refractivity contribution in [2.45, 2.75) is 65.3 Å². The minimum Gasteiger partial charge on any atom is -0.455 e. The van der Waals surface area contributed by atoms with Crippen LogP contribution >= 0.6 is 0 Å². The fourth-order valence-electron chi connectivity index (χ4n) is 2.99. The molecule has 2 fully saturated rings. The molecule has 0 aromatic carbocycles. The summed E-state index contributed by atoms with van der Waals surface area (Å²) in [7, 11) is 0. The third-order valence-corrected chi connectivity index (χ3v) is 4.90. The van der Waals surface area contributed by atoms with E-state index in [1.54, 1.807) is 13.8 Å². The number of imide groups is 1. The molecule has 118 valence electrons. The van der Waals surface area contributed by atoms with Gasteiger partial charge in [0.1, 0.15) is 0 Å². The second kappa shape index (κ2) is 6.16. The maximum atomic E-state index is 12.2. The Kier molecular flexibility index (Phi) is 4.69. The van der Waals surface area contributed by atoms with Crippen molar-refractivity contribution in [1.82, 2.24) is 4.90 Å². The predicted octanol–water partition coefficient (Wildman–Crippen LogP) is 2.28. The summed E-state index contributed by atoms with van der Waals surface area (Å²) in [6, 6.07) is 0.0328. The number of hydrogen-bond donors (Lipinski definition) is 0. The molecule has 2 unspecified atom stereocenters. The molecule has 0 aromatic rings. The van der Waals surface area contributed by atoms with E-state index in [1.165, 1.54) is 4.90 Å². The molecule has 21 heavy (non-hydrogen) atoms. The van der Waals surface area contributed by atoms with Crippen molar-refractivity contribution in [2.75, 3.05) is 6.61 Å². The van der Waals surface area contributed by atoms with Gasteiger partial charge in [-0.1, -0.05) is 26.2 Å². The topological polar surface area (TPSA) is 63.7 Å². The lowest BCUT2D eigenvalue weighted by Gasteiger charge is -2.45. The summed E-state index contributed by atoms with van der Waals surface area (Å²) in [6.07, 6.45) is 5.66. The van der Waals surface area contributed by atoms with Crippen LogP contribution in [-0.2, 0) is 19.1 Å². The van der Waals surface area contributed by atoms with Crippen molar-refractivity contribution >= 4 is 17.8 Å². The number of ether oxygens (including phenoxy) is 1. The number of carbonyl (C=O) groups is 3. The molecule has 1 aliphatic heterocycles. The number of fused-ring (bicyclic) bond motifs is 1. The summed E-state index contributed by atoms with van der Waals surface area (Å²) >= 11 is 0. The van der Waals surface area contributed by atoms with Crippen LogP contribution in [0.3, 0.4) is 0 Å². The van der Waals surface area contributed by atoms with Crippen LogP contribution in [0.25, 0.3) is 0 Å². The van der Waals surface area contributed by atoms with Gasteiger partial charge in [-0.25, -0.2) is 0 Å². The molecule has 2 atom stereocenters. The second-order valence-electron chi connectivity index (χ2n) is 6.73. The van der Waals surface area contributed by atoms with E-state index in [-0.39, 0.29) is 36.4 Å². The highest BCUT2D eigenvalue weighted by atomic mass is 16.5. The lowest BCUT2D eigenvalue weighted by Crippen LogP contribution is -2.63. The molecule has 1 heterocycles.